The molecule has 3 aromatic rings. The van der Waals surface area contributed by atoms with Gasteiger partial charge >= 0.3 is 0 Å². The van der Waals surface area contributed by atoms with Crippen molar-refractivity contribution in [2.45, 2.75) is 69.9 Å². The van der Waals surface area contributed by atoms with Gasteiger partial charge in [0.15, 0.2) is 5.16 Å². The first-order chi connectivity index (χ1) is 14.7. The lowest BCUT2D eigenvalue weighted by Crippen LogP contribution is -2.22. The van der Waals surface area contributed by atoms with Crippen LogP contribution in [0.2, 0.25) is 0 Å². The molecule has 4 nitrogen and oxygen atoms in total. The summed E-state index contributed by atoms with van der Waals surface area (Å²) in [5.41, 5.74) is 2.19. The van der Waals surface area contributed by atoms with E-state index >= 15 is 0 Å². The fourth-order valence-corrected chi connectivity index (χ4v) is 6.43. The summed E-state index contributed by atoms with van der Waals surface area (Å²) in [5.74, 6) is 1.78. The van der Waals surface area contributed by atoms with Gasteiger partial charge in [0.1, 0.15) is 10.6 Å². The maximum absolute atomic E-state index is 13.7. The highest BCUT2D eigenvalue weighted by molar-refractivity contribution is 7.99. The van der Waals surface area contributed by atoms with Crippen LogP contribution < -0.4 is 10.3 Å². The molecule has 1 aromatic carbocycles. The Hall–Kier alpha value is -1.79. The standard InChI is InChI=1S/C24H30N2O2S2/c1-3-4-5-6-9-16-29-24-25-22-21(19-10-7-8-11-20(19)30-22)23(27)26(24)17-12-14-18(28-2)15-13-17/h12-15H,3-11,16H2,1-2H3. The molecule has 2 aromatic heterocycles. The van der Waals surface area contributed by atoms with Gasteiger partial charge in [0.25, 0.3) is 5.56 Å². The van der Waals surface area contributed by atoms with Crippen molar-refractivity contribution in [3.05, 3.63) is 45.1 Å². The molecule has 0 saturated heterocycles. The number of benzene rings is 1. The van der Waals surface area contributed by atoms with Gasteiger partial charge in [0.05, 0.1) is 18.2 Å². The van der Waals surface area contributed by atoms with E-state index in [0.717, 1.165) is 58.2 Å². The van der Waals surface area contributed by atoms with Gasteiger partial charge in [-0.15, -0.1) is 11.3 Å². The summed E-state index contributed by atoms with van der Waals surface area (Å²) in [6.45, 7) is 2.24. The van der Waals surface area contributed by atoms with Crippen LogP contribution >= 0.6 is 23.1 Å². The summed E-state index contributed by atoms with van der Waals surface area (Å²) in [7, 11) is 1.66. The molecular formula is C24H30N2O2S2. The number of aromatic nitrogens is 2. The molecule has 0 bridgehead atoms. The van der Waals surface area contributed by atoms with Crippen LogP contribution in [0.1, 0.15) is 62.3 Å². The fraction of sp³-hybridized carbons (Fsp3) is 0.500. The zero-order valence-electron chi connectivity index (χ0n) is 17.9. The first-order valence-electron chi connectivity index (χ1n) is 11.1. The Morgan fingerprint density at radius 1 is 1.10 bits per heavy atom. The van der Waals surface area contributed by atoms with Crippen LogP contribution in [-0.2, 0) is 12.8 Å². The van der Waals surface area contributed by atoms with Crippen molar-refractivity contribution in [1.29, 1.82) is 0 Å². The summed E-state index contributed by atoms with van der Waals surface area (Å²) in [6.07, 6.45) is 10.7. The Balaban J connectivity index is 1.72. The quantitative estimate of drug-likeness (QED) is 0.219. The van der Waals surface area contributed by atoms with Gasteiger partial charge in [-0.2, -0.15) is 0 Å². The van der Waals surface area contributed by atoms with Gasteiger partial charge in [-0.3, -0.25) is 9.36 Å². The number of methoxy groups -OCH3 is 1. The van der Waals surface area contributed by atoms with Crippen LogP contribution in [0.5, 0.6) is 5.75 Å². The van der Waals surface area contributed by atoms with Gasteiger partial charge in [0.2, 0.25) is 0 Å². The molecular weight excluding hydrogens is 412 g/mol. The minimum absolute atomic E-state index is 0.0815. The molecule has 0 amide bonds. The van der Waals surface area contributed by atoms with Crippen molar-refractivity contribution in [2.75, 3.05) is 12.9 Å². The second-order valence-corrected chi connectivity index (χ2v) is 10.0. The van der Waals surface area contributed by atoms with E-state index in [1.165, 1.54) is 42.5 Å². The largest absolute Gasteiger partial charge is 0.497 e. The van der Waals surface area contributed by atoms with E-state index in [-0.39, 0.29) is 5.56 Å². The van der Waals surface area contributed by atoms with Gasteiger partial charge in [-0.25, -0.2) is 4.98 Å². The van der Waals surface area contributed by atoms with E-state index in [0.29, 0.717) is 0 Å². The molecule has 1 aliphatic rings. The Kier molecular flexibility index (Phi) is 7.16. The zero-order valence-corrected chi connectivity index (χ0v) is 19.5. The molecule has 1 aliphatic carbocycles. The molecule has 4 rings (SSSR count). The molecule has 0 radical (unpaired) electrons. The molecule has 0 unspecified atom stereocenters. The smallest absolute Gasteiger partial charge is 0.267 e. The first-order valence-corrected chi connectivity index (χ1v) is 12.9. The average molecular weight is 443 g/mol. The monoisotopic (exact) mass is 442 g/mol. The number of nitrogens with zero attached hydrogens (tertiary/aromatic N) is 2. The molecule has 160 valence electrons. The Morgan fingerprint density at radius 2 is 1.87 bits per heavy atom. The van der Waals surface area contributed by atoms with Crippen LogP contribution in [0.25, 0.3) is 15.9 Å². The van der Waals surface area contributed by atoms with Crippen molar-refractivity contribution in [3.63, 3.8) is 0 Å². The van der Waals surface area contributed by atoms with Crippen molar-refractivity contribution >= 4 is 33.3 Å². The van der Waals surface area contributed by atoms with Gasteiger partial charge in [-0.1, -0.05) is 44.4 Å². The molecule has 0 N–H and O–H groups in total. The zero-order chi connectivity index (χ0) is 20.9. The highest BCUT2D eigenvalue weighted by Gasteiger charge is 2.22. The second kappa shape index (κ2) is 10.0. The number of thiophene rings is 1. The third-order valence-electron chi connectivity index (χ3n) is 5.77. The summed E-state index contributed by atoms with van der Waals surface area (Å²) in [4.78, 5) is 21.0. The molecule has 0 fully saturated rings. The van der Waals surface area contributed by atoms with E-state index in [1.807, 2.05) is 28.8 Å². The van der Waals surface area contributed by atoms with Crippen molar-refractivity contribution < 1.29 is 4.74 Å². The number of hydrogen-bond donors (Lipinski definition) is 0. The average Bonchev–Trinajstić information content (AvgIpc) is 3.15. The lowest BCUT2D eigenvalue weighted by Gasteiger charge is -2.14. The number of ether oxygens (including phenoxy) is 1. The molecule has 6 heteroatoms. The summed E-state index contributed by atoms with van der Waals surface area (Å²) >= 11 is 3.44. The number of unbranched alkanes of at least 4 members (excludes halogenated alkanes) is 4. The molecule has 0 spiro atoms. The number of aryl methyl sites for hydroxylation is 2. The molecule has 30 heavy (non-hydrogen) atoms. The third kappa shape index (κ3) is 4.45. The van der Waals surface area contributed by atoms with Crippen LogP contribution in [0.15, 0.2) is 34.2 Å². The highest BCUT2D eigenvalue weighted by Crippen LogP contribution is 2.35. The predicted molar refractivity (Wildman–Crippen MR) is 128 cm³/mol. The third-order valence-corrected chi connectivity index (χ3v) is 7.98. The van der Waals surface area contributed by atoms with Crippen LogP contribution in [0.3, 0.4) is 0 Å². The van der Waals surface area contributed by atoms with Crippen molar-refractivity contribution in [2.24, 2.45) is 0 Å². The summed E-state index contributed by atoms with van der Waals surface area (Å²) in [5, 5.41) is 1.66. The van der Waals surface area contributed by atoms with Crippen LogP contribution in [-0.4, -0.2) is 22.4 Å². The van der Waals surface area contributed by atoms with E-state index in [9.17, 15) is 4.79 Å². The van der Waals surface area contributed by atoms with Crippen molar-refractivity contribution in [1.82, 2.24) is 9.55 Å². The number of hydrogen-bond acceptors (Lipinski definition) is 5. The Morgan fingerprint density at radius 3 is 2.63 bits per heavy atom. The topological polar surface area (TPSA) is 44.1 Å². The Labute approximate surface area is 186 Å². The summed E-state index contributed by atoms with van der Waals surface area (Å²) < 4.78 is 7.12. The van der Waals surface area contributed by atoms with E-state index < -0.39 is 0 Å². The molecule has 0 aliphatic heterocycles. The number of thioether (sulfide) groups is 1. The highest BCUT2D eigenvalue weighted by atomic mass is 32.2. The van der Waals surface area contributed by atoms with Crippen LogP contribution in [0, 0.1) is 0 Å². The number of rotatable bonds is 9. The van der Waals surface area contributed by atoms with E-state index in [2.05, 4.69) is 6.92 Å². The maximum atomic E-state index is 13.7. The second-order valence-electron chi connectivity index (χ2n) is 7.89. The van der Waals surface area contributed by atoms with Gasteiger partial charge < -0.3 is 4.74 Å². The van der Waals surface area contributed by atoms with Crippen molar-refractivity contribution in [3.8, 4) is 11.4 Å². The van der Waals surface area contributed by atoms with E-state index in [1.54, 1.807) is 30.2 Å². The van der Waals surface area contributed by atoms with Gasteiger partial charge in [0, 0.05) is 10.6 Å². The normalized spacial score (nSPS) is 13.5. The van der Waals surface area contributed by atoms with Crippen LogP contribution in [0.4, 0.5) is 0 Å². The molecule has 0 atom stereocenters. The number of fused-ring (bicyclic) bond motifs is 3. The lowest BCUT2D eigenvalue weighted by atomic mass is 9.97. The minimum Gasteiger partial charge on any atom is -0.497 e. The molecule has 2 heterocycles. The first kappa shape index (κ1) is 21.4. The fourth-order valence-electron chi connectivity index (χ4n) is 4.11. The van der Waals surface area contributed by atoms with E-state index in [4.69, 9.17) is 9.72 Å². The lowest BCUT2D eigenvalue weighted by molar-refractivity contribution is 0.414. The van der Waals surface area contributed by atoms with Gasteiger partial charge in [-0.05, 0) is 61.9 Å². The maximum Gasteiger partial charge on any atom is 0.267 e. The predicted octanol–water partition coefficient (Wildman–Crippen LogP) is 6.40. The minimum atomic E-state index is 0.0815. The molecule has 0 saturated carbocycles. The Bertz CT molecular complexity index is 1050. The SMILES string of the molecule is CCCCCCCSc1nc2sc3c(c2c(=O)n1-c1ccc(OC)cc1)CCCC3. The summed E-state index contributed by atoms with van der Waals surface area (Å²) in [6, 6.07) is 7.73.